The topological polar surface area (TPSA) is 66.6 Å². The van der Waals surface area contributed by atoms with E-state index in [9.17, 15) is 4.79 Å². The predicted molar refractivity (Wildman–Crippen MR) is 130 cm³/mol. The van der Waals surface area contributed by atoms with Gasteiger partial charge in [-0.15, -0.1) is 45.3 Å². The maximum Gasteiger partial charge on any atom is 0.320 e. The Morgan fingerprint density at radius 1 is 0.867 bits per heavy atom. The van der Waals surface area contributed by atoms with Gasteiger partial charge in [-0.25, -0.2) is 0 Å². The minimum absolute atomic E-state index is 0.432. The molecule has 4 aromatic heterocycles. The molecule has 0 amide bonds. The molecular formula is C22H22N2O2S4. The SMILES string of the molecule is N[C@@H](CCN(Cc1ccc(-c2cccs2)s1)Cc1ccc(-c2cccs2)s1)C(=O)O. The average molecular weight is 475 g/mol. The monoisotopic (exact) mass is 474 g/mol. The number of nitrogens with two attached hydrogens (primary N) is 1. The van der Waals surface area contributed by atoms with Crippen LogP contribution >= 0.6 is 45.3 Å². The third-order valence-electron chi connectivity index (χ3n) is 4.68. The van der Waals surface area contributed by atoms with E-state index in [1.807, 2.05) is 0 Å². The second-order valence-electron chi connectivity index (χ2n) is 6.93. The van der Waals surface area contributed by atoms with Crippen molar-refractivity contribution in [1.29, 1.82) is 0 Å². The summed E-state index contributed by atoms with van der Waals surface area (Å²) in [4.78, 5) is 21.1. The molecule has 0 aliphatic carbocycles. The van der Waals surface area contributed by atoms with Gasteiger partial charge >= 0.3 is 5.97 Å². The molecule has 0 saturated heterocycles. The molecule has 0 radical (unpaired) electrons. The third-order valence-corrected chi connectivity index (χ3v) is 8.96. The van der Waals surface area contributed by atoms with E-state index in [4.69, 9.17) is 10.8 Å². The second-order valence-corrected chi connectivity index (χ2v) is 11.2. The first-order valence-corrected chi connectivity index (χ1v) is 12.9. The summed E-state index contributed by atoms with van der Waals surface area (Å²) in [5.41, 5.74) is 5.77. The zero-order chi connectivity index (χ0) is 20.9. The highest BCUT2D eigenvalue weighted by molar-refractivity contribution is 7.21. The van der Waals surface area contributed by atoms with Crippen LogP contribution in [0.1, 0.15) is 16.2 Å². The Hall–Kier alpha value is -1.81. The number of carboxylic acid groups (broad SMARTS) is 1. The fourth-order valence-electron chi connectivity index (χ4n) is 3.13. The Kier molecular flexibility index (Phi) is 7.14. The van der Waals surface area contributed by atoms with Gasteiger partial charge in [0.15, 0.2) is 0 Å². The molecule has 0 aliphatic heterocycles. The van der Waals surface area contributed by atoms with Crippen LogP contribution in [0, 0.1) is 0 Å². The lowest BCUT2D eigenvalue weighted by Crippen LogP contribution is -2.35. The molecule has 4 rings (SSSR count). The van der Waals surface area contributed by atoms with Crippen molar-refractivity contribution in [2.45, 2.75) is 25.6 Å². The fourth-order valence-corrected chi connectivity index (χ4v) is 6.90. The molecule has 4 heterocycles. The lowest BCUT2D eigenvalue weighted by atomic mass is 10.2. The fraction of sp³-hybridized carbons (Fsp3) is 0.227. The molecule has 0 bridgehead atoms. The predicted octanol–water partition coefficient (Wildman–Crippen LogP) is 6.07. The lowest BCUT2D eigenvalue weighted by molar-refractivity contribution is -0.138. The van der Waals surface area contributed by atoms with Gasteiger partial charge in [-0.1, -0.05) is 12.1 Å². The van der Waals surface area contributed by atoms with Crippen LogP contribution in [0.3, 0.4) is 0 Å². The van der Waals surface area contributed by atoms with Crippen LogP contribution in [0.15, 0.2) is 59.3 Å². The van der Waals surface area contributed by atoms with E-state index < -0.39 is 12.0 Å². The lowest BCUT2D eigenvalue weighted by Gasteiger charge is -2.22. The van der Waals surface area contributed by atoms with Crippen molar-refractivity contribution < 1.29 is 9.90 Å². The first-order chi connectivity index (χ1) is 14.6. The minimum atomic E-state index is -0.942. The molecule has 0 aromatic carbocycles. The zero-order valence-corrected chi connectivity index (χ0v) is 19.5. The van der Waals surface area contributed by atoms with Gasteiger partial charge in [-0.2, -0.15) is 0 Å². The maximum atomic E-state index is 11.2. The highest BCUT2D eigenvalue weighted by atomic mass is 32.1. The highest BCUT2D eigenvalue weighted by Gasteiger charge is 2.16. The smallest absolute Gasteiger partial charge is 0.320 e. The second kappa shape index (κ2) is 10.00. The van der Waals surface area contributed by atoms with Crippen molar-refractivity contribution in [3.8, 4) is 19.5 Å². The summed E-state index contributed by atoms with van der Waals surface area (Å²) in [6, 6.07) is 16.3. The third kappa shape index (κ3) is 5.46. The van der Waals surface area contributed by atoms with Gasteiger partial charge in [0.2, 0.25) is 0 Å². The maximum absolute atomic E-state index is 11.2. The number of carboxylic acids is 1. The number of thiophene rings is 4. The summed E-state index contributed by atoms with van der Waals surface area (Å²) in [7, 11) is 0. The molecule has 0 aliphatic rings. The van der Waals surface area contributed by atoms with Crippen LogP contribution in [0.5, 0.6) is 0 Å². The summed E-state index contributed by atoms with van der Waals surface area (Å²) in [5.74, 6) is -0.942. The van der Waals surface area contributed by atoms with Crippen LogP contribution in [0.2, 0.25) is 0 Å². The molecule has 0 unspecified atom stereocenters. The quantitative estimate of drug-likeness (QED) is 0.293. The van der Waals surface area contributed by atoms with Crippen LogP contribution in [0.4, 0.5) is 0 Å². The average Bonchev–Trinajstić information content (AvgIpc) is 3.53. The molecule has 8 heteroatoms. The van der Waals surface area contributed by atoms with E-state index >= 15 is 0 Å². The van der Waals surface area contributed by atoms with Crippen LogP contribution < -0.4 is 5.73 Å². The van der Waals surface area contributed by atoms with E-state index in [0.29, 0.717) is 13.0 Å². The molecule has 156 valence electrons. The van der Waals surface area contributed by atoms with Crippen molar-refractivity contribution in [2.75, 3.05) is 6.54 Å². The summed E-state index contributed by atoms with van der Waals surface area (Å²) < 4.78 is 0. The van der Waals surface area contributed by atoms with E-state index in [0.717, 1.165) is 13.1 Å². The minimum Gasteiger partial charge on any atom is -0.480 e. The Morgan fingerprint density at radius 2 is 1.40 bits per heavy atom. The zero-order valence-electron chi connectivity index (χ0n) is 16.2. The Labute approximate surface area is 191 Å². The Morgan fingerprint density at radius 3 is 1.83 bits per heavy atom. The first-order valence-electron chi connectivity index (χ1n) is 9.54. The molecule has 4 nitrogen and oxygen atoms in total. The van der Waals surface area contributed by atoms with Gasteiger partial charge in [0.05, 0.1) is 0 Å². The van der Waals surface area contributed by atoms with Gasteiger partial charge in [-0.05, 0) is 53.6 Å². The van der Waals surface area contributed by atoms with Gasteiger partial charge in [0.1, 0.15) is 6.04 Å². The van der Waals surface area contributed by atoms with Crippen LogP contribution in [0.25, 0.3) is 19.5 Å². The normalized spacial score (nSPS) is 12.5. The molecule has 4 aromatic rings. The number of rotatable bonds is 10. The number of nitrogens with zero attached hydrogens (tertiary/aromatic N) is 1. The standard InChI is InChI=1S/C22H22N2O2S4/c23-17(22(25)26)9-10-24(13-15-5-7-20(29-15)18-3-1-11-27-18)14-16-6-8-21(30-16)19-4-2-12-28-19/h1-8,11-12,17H,9-10,13-14,23H2,(H,25,26)/t17-/m0/s1. The van der Waals surface area contributed by atoms with Gasteiger partial charge in [0.25, 0.3) is 0 Å². The van der Waals surface area contributed by atoms with Gasteiger partial charge < -0.3 is 10.8 Å². The summed E-state index contributed by atoms with van der Waals surface area (Å²) in [6.45, 7) is 2.22. The number of hydrogen-bond acceptors (Lipinski definition) is 7. The molecule has 30 heavy (non-hydrogen) atoms. The molecule has 0 saturated carbocycles. The molecule has 3 N–H and O–H groups in total. The summed E-state index contributed by atoms with van der Waals surface area (Å²) in [5, 5.41) is 13.3. The summed E-state index contributed by atoms with van der Waals surface area (Å²) >= 11 is 7.09. The molecule has 0 fully saturated rings. The summed E-state index contributed by atoms with van der Waals surface area (Å²) in [6.07, 6.45) is 0.432. The highest BCUT2D eigenvalue weighted by Crippen LogP contribution is 2.34. The van der Waals surface area contributed by atoms with Crippen molar-refractivity contribution in [2.24, 2.45) is 5.73 Å². The molecule has 1 atom stereocenters. The number of carbonyl (C=O) groups is 1. The molecular weight excluding hydrogens is 453 g/mol. The number of aliphatic carboxylic acids is 1. The van der Waals surface area contributed by atoms with E-state index in [-0.39, 0.29) is 0 Å². The Balaban J connectivity index is 1.47. The Bertz CT molecular complexity index is 992. The van der Waals surface area contributed by atoms with Gasteiger partial charge in [-0.3, -0.25) is 9.69 Å². The van der Waals surface area contributed by atoms with Gasteiger partial charge in [0, 0.05) is 48.9 Å². The van der Waals surface area contributed by atoms with Crippen molar-refractivity contribution >= 4 is 51.3 Å². The van der Waals surface area contributed by atoms with Crippen molar-refractivity contribution in [3.63, 3.8) is 0 Å². The van der Waals surface area contributed by atoms with Crippen molar-refractivity contribution in [1.82, 2.24) is 4.90 Å². The van der Waals surface area contributed by atoms with E-state index in [2.05, 4.69) is 64.2 Å². The number of hydrogen-bond donors (Lipinski definition) is 2. The van der Waals surface area contributed by atoms with E-state index in [1.165, 1.54) is 29.3 Å². The van der Waals surface area contributed by atoms with Crippen LogP contribution in [-0.4, -0.2) is 28.6 Å². The van der Waals surface area contributed by atoms with Crippen molar-refractivity contribution in [3.05, 3.63) is 69.0 Å². The van der Waals surface area contributed by atoms with Crippen LogP contribution in [-0.2, 0) is 17.9 Å². The molecule has 0 spiro atoms. The first kappa shape index (κ1) is 21.4. The van der Waals surface area contributed by atoms with E-state index in [1.54, 1.807) is 45.3 Å². The largest absolute Gasteiger partial charge is 0.480 e.